The van der Waals surface area contributed by atoms with Gasteiger partial charge in [0.1, 0.15) is 11.6 Å². The molecule has 0 aliphatic rings. The molecule has 0 heterocycles. The number of carboxylic acid groups (broad SMARTS) is 1. The number of alkyl carbamates (subject to hydrolysis) is 1. The summed E-state index contributed by atoms with van der Waals surface area (Å²) in [6.07, 6.45) is -0.878. The third kappa shape index (κ3) is 7.09. The van der Waals surface area contributed by atoms with Crippen LogP contribution in [0, 0.1) is 5.92 Å². The van der Waals surface area contributed by atoms with E-state index in [1.807, 2.05) is 0 Å². The van der Waals surface area contributed by atoms with E-state index in [4.69, 9.17) is 11.2 Å². The molecule has 0 aliphatic carbocycles. The first kappa shape index (κ1) is 12.8. The number of hydrogen-bond donors (Lipinski definition) is 2. The van der Waals surface area contributed by atoms with E-state index in [1.54, 1.807) is 34.6 Å². The van der Waals surface area contributed by atoms with Crippen molar-refractivity contribution in [2.75, 3.05) is 0 Å². The van der Waals surface area contributed by atoms with E-state index in [0.29, 0.717) is 0 Å². The lowest BCUT2D eigenvalue weighted by Gasteiger charge is -2.22. The van der Waals surface area contributed by atoms with Crippen LogP contribution in [0.25, 0.3) is 0 Å². The van der Waals surface area contributed by atoms with Crippen molar-refractivity contribution in [3.05, 3.63) is 0 Å². The Hall–Kier alpha value is -1.26. The van der Waals surface area contributed by atoms with Crippen molar-refractivity contribution >= 4 is 12.1 Å². The number of hydrogen-bond acceptors (Lipinski definition) is 3. The molecule has 0 saturated heterocycles. The van der Waals surface area contributed by atoms with Crippen LogP contribution in [0.2, 0.25) is 0 Å². The Morgan fingerprint density at radius 2 is 1.94 bits per heavy atom. The largest absolute Gasteiger partial charge is 0.480 e. The highest BCUT2D eigenvalue weighted by Crippen LogP contribution is 2.09. The van der Waals surface area contributed by atoms with Crippen LogP contribution in [0.4, 0.5) is 4.79 Å². The molecule has 2 N–H and O–H groups in total. The summed E-state index contributed by atoms with van der Waals surface area (Å²) in [5.74, 6) is -1.42. The Bertz CT molecular complexity index is 298. The van der Waals surface area contributed by atoms with Gasteiger partial charge in [-0.2, -0.15) is 0 Å². The summed E-state index contributed by atoms with van der Waals surface area (Å²) in [6.45, 7) is 8.57. The summed E-state index contributed by atoms with van der Waals surface area (Å²) < 4.78 is 12.7. The van der Waals surface area contributed by atoms with E-state index in [-0.39, 0.29) is 12.3 Å². The molecule has 0 rings (SSSR count). The Balaban J connectivity index is 4.67. The van der Waals surface area contributed by atoms with Crippen molar-refractivity contribution in [2.24, 2.45) is 5.92 Å². The number of carbonyl (C=O) groups is 2. The molecule has 94 valence electrons. The fourth-order valence-electron chi connectivity index (χ4n) is 1.03. The number of aliphatic carboxylic acids is 1. The molecule has 0 radical (unpaired) electrons. The molecule has 0 aliphatic heterocycles. The number of carbonyl (C=O) groups excluding carboxylic acids is 1. The van der Waals surface area contributed by atoms with Crippen LogP contribution in [0.15, 0.2) is 0 Å². The maximum Gasteiger partial charge on any atom is 0.408 e. The fourth-order valence-corrected chi connectivity index (χ4v) is 1.03. The smallest absolute Gasteiger partial charge is 0.408 e. The van der Waals surface area contributed by atoms with Crippen LogP contribution < -0.4 is 5.32 Å². The van der Waals surface area contributed by atoms with Gasteiger partial charge < -0.3 is 15.2 Å². The minimum atomic E-state index is -2.05. The summed E-state index contributed by atoms with van der Waals surface area (Å²) in [7, 11) is 0. The second kappa shape index (κ2) is 5.72. The number of ether oxygens (including phenoxy) is 1. The minimum absolute atomic E-state index is 0.0155. The first-order valence-corrected chi connectivity index (χ1v) is 5.21. The SMILES string of the molecule is [2H]C(CC(C)C)(NC(=O)OC(C)(C)C)C(=O)O. The quantitative estimate of drug-likeness (QED) is 0.777. The molecule has 16 heavy (non-hydrogen) atoms. The van der Waals surface area contributed by atoms with Crippen LogP contribution in [0.5, 0.6) is 0 Å². The molecule has 0 spiro atoms. The van der Waals surface area contributed by atoms with Gasteiger partial charge in [-0.05, 0) is 33.1 Å². The molecule has 0 bridgehead atoms. The van der Waals surface area contributed by atoms with Crippen molar-refractivity contribution in [3.63, 3.8) is 0 Å². The highest BCUT2D eigenvalue weighted by molar-refractivity contribution is 5.79. The average molecular weight is 232 g/mol. The van der Waals surface area contributed by atoms with Crippen molar-refractivity contribution in [1.82, 2.24) is 5.32 Å². The first-order valence-electron chi connectivity index (χ1n) is 5.71. The van der Waals surface area contributed by atoms with E-state index in [0.717, 1.165) is 0 Å². The summed E-state index contributed by atoms with van der Waals surface area (Å²) in [4.78, 5) is 22.4. The third-order valence-electron chi connectivity index (χ3n) is 1.52. The Morgan fingerprint density at radius 3 is 2.25 bits per heavy atom. The molecule has 0 saturated carbocycles. The third-order valence-corrected chi connectivity index (χ3v) is 1.52. The van der Waals surface area contributed by atoms with Gasteiger partial charge in [0, 0.05) is 0 Å². The zero-order valence-corrected chi connectivity index (χ0v) is 10.5. The zero-order valence-electron chi connectivity index (χ0n) is 11.5. The predicted octanol–water partition coefficient (Wildman–Crippen LogP) is 2.01. The van der Waals surface area contributed by atoms with Crippen LogP contribution in [-0.4, -0.2) is 28.8 Å². The topological polar surface area (TPSA) is 75.6 Å². The molecule has 0 fully saturated rings. The van der Waals surface area contributed by atoms with Gasteiger partial charge in [0.05, 0.1) is 1.37 Å². The average Bonchev–Trinajstić information content (AvgIpc) is 1.96. The molecule has 5 nitrogen and oxygen atoms in total. The molecule has 1 unspecified atom stereocenters. The molecule has 1 amide bonds. The zero-order chi connectivity index (χ0) is 13.9. The predicted molar refractivity (Wildman–Crippen MR) is 60.2 cm³/mol. The summed E-state index contributed by atoms with van der Waals surface area (Å²) >= 11 is 0. The lowest BCUT2D eigenvalue weighted by molar-refractivity contribution is -0.139. The van der Waals surface area contributed by atoms with Crippen LogP contribution >= 0.6 is 0 Å². The highest BCUT2D eigenvalue weighted by atomic mass is 16.6. The van der Waals surface area contributed by atoms with E-state index in [9.17, 15) is 9.59 Å². The lowest BCUT2D eigenvalue weighted by atomic mass is 10.0. The molecular formula is C11H21NO4. The van der Waals surface area contributed by atoms with E-state index in [1.165, 1.54) is 0 Å². The maximum atomic E-state index is 11.4. The van der Waals surface area contributed by atoms with Gasteiger partial charge in [0.25, 0.3) is 0 Å². The van der Waals surface area contributed by atoms with Gasteiger partial charge in [-0.25, -0.2) is 9.59 Å². The van der Waals surface area contributed by atoms with Crippen LogP contribution in [-0.2, 0) is 9.53 Å². The summed E-state index contributed by atoms with van der Waals surface area (Å²) in [6, 6.07) is -2.05. The lowest BCUT2D eigenvalue weighted by Crippen LogP contribution is -2.44. The van der Waals surface area contributed by atoms with E-state index < -0.39 is 23.7 Å². The van der Waals surface area contributed by atoms with Gasteiger partial charge >= 0.3 is 12.1 Å². The molecular weight excluding hydrogens is 210 g/mol. The second-order valence-corrected chi connectivity index (χ2v) is 5.01. The van der Waals surface area contributed by atoms with Gasteiger partial charge in [-0.1, -0.05) is 13.8 Å². The highest BCUT2D eigenvalue weighted by Gasteiger charge is 2.24. The van der Waals surface area contributed by atoms with Crippen molar-refractivity contribution in [1.29, 1.82) is 0 Å². The number of carboxylic acids is 1. The van der Waals surface area contributed by atoms with Gasteiger partial charge in [-0.15, -0.1) is 0 Å². The van der Waals surface area contributed by atoms with Crippen LogP contribution in [0.3, 0.4) is 0 Å². The normalized spacial score (nSPS) is 16.2. The molecule has 0 aromatic carbocycles. The standard InChI is InChI=1S/C11H21NO4/c1-7(2)6-8(9(13)14)12-10(15)16-11(3,4)5/h7-8H,6H2,1-5H3,(H,12,15)(H,13,14)/i8D. The number of rotatable bonds is 4. The Labute approximate surface area is 97.6 Å². The first-order chi connectivity index (χ1) is 7.46. The maximum absolute atomic E-state index is 11.4. The number of amides is 1. The Morgan fingerprint density at radius 1 is 1.44 bits per heavy atom. The van der Waals surface area contributed by atoms with Gasteiger partial charge in [0.2, 0.25) is 0 Å². The van der Waals surface area contributed by atoms with Crippen LogP contribution in [0.1, 0.15) is 42.4 Å². The Kier molecular flexibility index (Phi) is 4.58. The number of nitrogens with one attached hydrogen (secondary N) is 1. The minimum Gasteiger partial charge on any atom is -0.480 e. The summed E-state index contributed by atoms with van der Waals surface area (Å²) in [5, 5.41) is 11.1. The van der Waals surface area contributed by atoms with E-state index in [2.05, 4.69) is 5.32 Å². The van der Waals surface area contributed by atoms with Gasteiger partial charge in [-0.3, -0.25) is 0 Å². The molecule has 1 atom stereocenters. The van der Waals surface area contributed by atoms with Crippen molar-refractivity contribution < 1.29 is 20.8 Å². The molecule has 5 heteroatoms. The monoisotopic (exact) mass is 232 g/mol. The molecule has 0 aromatic rings. The van der Waals surface area contributed by atoms with E-state index >= 15 is 0 Å². The molecule has 0 aromatic heterocycles. The van der Waals surface area contributed by atoms with Gasteiger partial charge in [0.15, 0.2) is 0 Å². The second-order valence-electron chi connectivity index (χ2n) is 5.01. The fraction of sp³-hybridized carbons (Fsp3) is 0.818. The summed E-state index contributed by atoms with van der Waals surface area (Å²) in [5.41, 5.74) is -0.721. The van der Waals surface area contributed by atoms with Crippen molar-refractivity contribution in [2.45, 2.75) is 52.7 Å². The van der Waals surface area contributed by atoms with Crippen molar-refractivity contribution in [3.8, 4) is 0 Å².